The Kier molecular flexibility index (Phi) is 1.94. The molecule has 2 heterocycles. The van der Waals surface area contributed by atoms with E-state index in [0.717, 1.165) is 5.56 Å². The summed E-state index contributed by atoms with van der Waals surface area (Å²) in [5, 5.41) is 12.4. The van der Waals surface area contributed by atoms with Gasteiger partial charge in [0.25, 0.3) is 0 Å². The van der Waals surface area contributed by atoms with Crippen LogP contribution in [0.1, 0.15) is 5.56 Å². The molecule has 1 N–H and O–H groups in total. The summed E-state index contributed by atoms with van der Waals surface area (Å²) in [5.74, 6) is -0.806. The van der Waals surface area contributed by atoms with Gasteiger partial charge >= 0.3 is 5.97 Å². The Morgan fingerprint density at radius 1 is 1.58 bits per heavy atom. The van der Waals surface area contributed by atoms with Crippen LogP contribution in [0.25, 0.3) is 0 Å². The van der Waals surface area contributed by atoms with Crippen LogP contribution in [0.15, 0.2) is 26.6 Å². The fourth-order valence-electron chi connectivity index (χ4n) is 1.05. The average Bonchev–Trinajstić information content (AvgIpc) is 2.49. The number of thiophene rings is 1. The minimum absolute atomic E-state index is 0.492. The molecule has 0 aromatic carbocycles. The second kappa shape index (κ2) is 2.95. The van der Waals surface area contributed by atoms with Gasteiger partial charge in [0.2, 0.25) is 0 Å². The summed E-state index contributed by atoms with van der Waals surface area (Å²) in [6, 6.07) is 1.99. The highest BCUT2D eigenvalue weighted by atomic mass is 32.2. The summed E-state index contributed by atoms with van der Waals surface area (Å²) in [6.45, 7) is 0. The molecule has 62 valence electrons. The first kappa shape index (κ1) is 7.89. The minimum atomic E-state index is -0.806. The highest BCUT2D eigenvalue weighted by Gasteiger charge is 2.16. The highest BCUT2D eigenvalue weighted by molar-refractivity contribution is 8.04. The zero-order valence-electron chi connectivity index (χ0n) is 6.11. The van der Waals surface area contributed by atoms with Gasteiger partial charge < -0.3 is 5.11 Å². The van der Waals surface area contributed by atoms with Crippen LogP contribution in [-0.2, 0) is 11.2 Å². The van der Waals surface area contributed by atoms with Crippen LogP contribution < -0.4 is 0 Å². The lowest BCUT2D eigenvalue weighted by molar-refractivity contribution is -0.132. The van der Waals surface area contributed by atoms with Crippen LogP contribution in [0.3, 0.4) is 0 Å². The van der Waals surface area contributed by atoms with Gasteiger partial charge in [-0.05, 0) is 22.4 Å². The smallest absolute Gasteiger partial charge is 0.332 e. The zero-order valence-corrected chi connectivity index (χ0v) is 7.74. The van der Waals surface area contributed by atoms with Gasteiger partial charge in [-0.3, -0.25) is 0 Å². The number of thioether (sulfide) groups is 1. The first-order chi connectivity index (χ1) is 5.77. The Morgan fingerprint density at radius 2 is 2.42 bits per heavy atom. The average molecular weight is 198 g/mol. The molecule has 1 aliphatic rings. The maximum Gasteiger partial charge on any atom is 0.332 e. The Labute approximate surface area is 77.9 Å². The molecule has 0 aliphatic carbocycles. The zero-order chi connectivity index (χ0) is 8.55. The second-order valence-corrected chi connectivity index (χ2v) is 4.53. The van der Waals surface area contributed by atoms with Crippen molar-refractivity contribution in [3.63, 3.8) is 0 Å². The third kappa shape index (κ3) is 1.28. The largest absolute Gasteiger partial charge is 0.478 e. The lowest BCUT2D eigenvalue weighted by Crippen LogP contribution is -2.05. The Morgan fingerprint density at radius 3 is 3.17 bits per heavy atom. The molecule has 4 heteroatoms. The van der Waals surface area contributed by atoms with Crippen molar-refractivity contribution in [1.82, 2.24) is 0 Å². The van der Waals surface area contributed by atoms with Gasteiger partial charge in [0.1, 0.15) is 0 Å². The Balaban J connectivity index is 2.29. The molecule has 0 fully saturated rings. The molecule has 0 saturated carbocycles. The summed E-state index contributed by atoms with van der Waals surface area (Å²) in [7, 11) is 0. The molecule has 0 unspecified atom stereocenters. The first-order valence-electron chi connectivity index (χ1n) is 3.43. The summed E-state index contributed by atoms with van der Waals surface area (Å²) >= 11 is 3.17. The highest BCUT2D eigenvalue weighted by Crippen LogP contribution is 2.36. The van der Waals surface area contributed by atoms with Crippen molar-refractivity contribution in [2.24, 2.45) is 0 Å². The predicted octanol–water partition coefficient (Wildman–Crippen LogP) is 2.36. The van der Waals surface area contributed by atoms with E-state index in [2.05, 4.69) is 0 Å². The van der Waals surface area contributed by atoms with E-state index in [1.54, 1.807) is 16.7 Å². The summed E-state index contributed by atoms with van der Waals surface area (Å²) in [6.07, 6.45) is 0.571. The fraction of sp³-hybridized carbons (Fsp3) is 0.125. The quantitative estimate of drug-likeness (QED) is 0.752. The number of fused-ring (bicyclic) bond motifs is 1. The number of hydrogen-bond donors (Lipinski definition) is 1. The van der Waals surface area contributed by atoms with Gasteiger partial charge in [0.15, 0.2) is 0 Å². The SMILES string of the molecule is O=C(O)C1=CSc2sccc2C1. The molecule has 1 aromatic heterocycles. The molecule has 0 amide bonds. The van der Waals surface area contributed by atoms with E-state index < -0.39 is 5.97 Å². The Bertz CT molecular complexity index is 352. The first-order valence-corrected chi connectivity index (χ1v) is 5.18. The van der Waals surface area contributed by atoms with Crippen molar-refractivity contribution in [1.29, 1.82) is 0 Å². The number of hydrogen-bond acceptors (Lipinski definition) is 3. The third-order valence-corrected chi connectivity index (χ3v) is 3.87. The van der Waals surface area contributed by atoms with Crippen molar-refractivity contribution < 1.29 is 9.90 Å². The van der Waals surface area contributed by atoms with Crippen LogP contribution in [0, 0.1) is 0 Å². The fourth-order valence-corrected chi connectivity index (χ4v) is 2.96. The van der Waals surface area contributed by atoms with Crippen molar-refractivity contribution in [2.75, 3.05) is 0 Å². The maximum absolute atomic E-state index is 10.6. The standard InChI is InChI=1S/C8H6O2S2/c9-7(10)6-3-5-1-2-11-8(5)12-4-6/h1-2,4H,3H2,(H,9,10). The maximum atomic E-state index is 10.6. The van der Waals surface area contributed by atoms with E-state index in [0.29, 0.717) is 12.0 Å². The molecule has 2 rings (SSSR count). The van der Waals surface area contributed by atoms with Crippen LogP contribution >= 0.6 is 23.1 Å². The summed E-state index contributed by atoms with van der Waals surface area (Å²) in [4.78, 5) is 10.6. The molecule has 1 aliphatic heterocycles. The monoisotopic (exact) mass is 198 g/mol. The van der Waals surface area contributed by atoms with Crippen LogP contribution in [0.5, 0.6) is 0 Å². The van der Waals surface area contributed by atoms with E-state index in [1.807, 2.05) is 11.4 Å². The molecular weight excluding hydrogens is 192 g/mol. The molecule has 0 bridgehead atoms. The number of carboxylic acid groups (broad SMARTS) is 1. The van der Waals surface area contributed by atoms with E-state index in [4.69, 9.17) is 5.11 Å². The normalized spacial score (nSPS) is 15.2. The van der Waals surface area contributed by atoms with Crippen molar-refractivity contribution in [3.8, 4) is 0 Å². The lowest BCUT2D eigenvalue weighted by Gasteiger charge is -2.08. The summed E-state index contributed by atoms with van der Waals surface area (Å²) in [5.41, 5.74) is 1.64. The number of aliphatic carboxylic acids is 1. The molecule has 0 saturated heterocycles. The van der Waals surface area contributed by atoms with Gasteiger partial charge in [0, 0.05) is 12.0 Å². The van der Waals surface area contributed by atoms with Crippen LogP contribution in [0.2, 0.25) is 0 Å². The van der Waals surface area contributed by atoms with Crippen LogP contribution in [0.4, 0.5) is 0 Å². The third-order valence-electron chi connectivity index (χ3n) is 1.67. The number of carbonyl (C=O) groups is 1. The van der Waals surface area contributed by atoms with E-state index in [1.165, 1.54) is 16.0 Å². The van der Waals surface area contributed by atoms with Gasteiger partial charge in [0.05, 0.1) is 4.21 Å². The molecule has 2 nitrogen and oxygen atoms in total. The predicted molar refractivity (Wildman–Crippen MR) is 49.6 cm³/mol. The molecule has 0 spiro atoms. The Hall–Kier alpha value is -0.740. The topological polar surface area (TPSA) is 37.3 Å². The molecule has 0 atom stereocenters. The second-order valence-electron chi connectivity index (χ2n) is 2.48. The lowest BCUT2D eigenvalue weighted by atomic mass is 10.1. The number of rotatable bonds is 1. The molecule has 0 radical (unpaired) electrons. The van der Waals surface area contributed by atoms with Crippen molar-refractivity contribution in [2.45, 2.75) is 10.6 Å². The van der Waals surface area contributed by atoms with Crippen molar-refractivity contribution >= 4 is 29.1 Å². The molecule has 12 heavy (non-hydrogen) atoms. The number of carboxylic acids is 1. The molecule has 1 aromatic rings. The van der Waals surface area contributed by atoms with Gasteiger partial charge in [-0.1, -0.05) is 11.8 Å². The van der Waals surface area contributed by atoms with E-state index in [9.17, 15) is 4.79 Å². The van der Waals surface area contributed by atoms with E-state index >= 15 is 0 Å². The summed E-state index contributed by atoms with van der Waals surface area (Å²) < 4.78 is 1.22. The van der Waals surface area contributed by atoms with Crippen LogP contribution in [-0.4, -0.2) is 11.1 Å². The van der Waals surface area contributed by atoms with Gasteiger partial charge in [-0.15, -0.1) is 11.3 Å². The van der Waals surface area contributed by atoms with Gasteiger partial charge in [-0.2, -0.15) is 0 Å². The molecular formula is C8H6O2S2. The minimum Gasteiger partial charge on any atom is -0.478 e. The van der Waals surface area contributed by atoms with Gasteiger partial charge in [-0.25, -0.2) is 4.79 Å². The van der Waals surface area contributed by atoms with E-state index in [-0.39, 0.29) is 0 Å². The van der Waals surface area contributed by atoms with Crippen molar-refractivity contribution in [3.05, 3.63) is 28.0 Å².